The normalized spacial score (nSPS) is 23.2. The predicted octanol–water partition coefficient (Wildman–Crippen LogP) is 3.04. The Morgan fingerprint density at radius 2 is 2.07 bits per heavy atom. The van der Waals surface area contributed by atoms with Crippen LogP contribution in [0.15, 0.2) is 36.5 Å². The van der Waals surface area contributed by atoms with Crippen molar-refractivity contribution < 1.29 is 9.59 Å². The van der Waals surface area contributed by atoms with E-state index in [1.807, 2.05) is 38.7 Å². The molecule has 0 radical (unpaired) electrons. The van der Waals surface area contributed by atoms with Crippen LogP contribution in [0, 0.1) is 0 Å². The third-order valence-electron chi connectivity index (χ3n) is 6.50. The Hall–Kier alpha value is -2.83. The molecular formula is C22H27N5O2. The number of benzene rings is 1. The summed E-state index contributed by atoms with van der Waals surface area (Å²) >= 11 is 0. The van der Waals surface area contributed by atoms with Gasteiger partial charge in [0.1, 0.15) is 0 Å². The van der Waals surface area contributed by atoms with Crippen LogP contribution >= 0.6 is 0 Å². The van der Waals surface area contributed by atoms with Crippen molar-refractivity contribution >= 4 is 17.6 Å². The van der Waals surface area contributed by atoms with Gasteiger partial charge in [0.15, 0.2) is 0 Å². The average molecular weight is 393 g/mol. The molecule has 0 aliphatic carbocycles. The van der Waals surface area contributed by atoms with E-state index in [0.29, 0.717) is 13.0 Å². The van der Waals surface area contributed by atoms with Crippen molar-refractivity contribution in [2.24, 2.45) is 0 Å². The largest absolute Gasteiger partial charge is 0.343 e. The minimum atomic E-state index is -0.0446. The zero-order valence-electron chi connectivity index (χ0n) is 16.6. The summed E-state index contributed by atoms with van der Waals surface area (Å²) < 4.78 is 1.99. The molecule has 1 fully saturated rings. The van der Waals surface area contributed by atoms with Gasteiger partial charge in [-0.05, 0) is 43.4 Å². The molecule has 2 aromatic rings. The number of carbonyl (C=O) groups excluding carboxylic acids is 2. The van der Waals surface area contributed by atoms with Gasteiger partial charge in [0.2, 0.25) is 5.91 Å². The highest BCUT2D eigenvalue weighted by atomic mass is 16.2. The van der Waals surface area contributed by atoms with Gasteiger partial charge in [0, 0.05) is 50.4 Å². The number of nitrogens with one attached hydrogen (secondary N) is 1. The third kappa shape index (κ3) is 3.39. The van der Waals surface area contributed by atoms with Gasteiger partial charge in [-0.1, -0.05) is 18.2 Å². The molecule has 0 spiro atoms. The second-order valence-electron chi connectivity index (χ2n) is 8.26. The number of fused-ring (bicyclic) bond motifs is 2. The molecule has 2 atom stereocenters. The molecule has 1 aromatic carbocycles. The summed E-state index contributed by atoms with van der Waals surface area (Å²) in [6.45, 7) is 3.22. The zero-order chi connectivity index (χ0) is 19.8. The highest BCUT2D eigenvalue weighted by molar-refractivity contribution is 5.95. The molecule has 1 saturated heterocycles. The van der Waals surface area contributed by atoms with Crippen molar-refractivity contribution in [3.8, 4) is 0 Å². The number of para-hydroxylation sites is 1. The topological polar surface area (TPSA) is 70.5 Å². The monoisotopic (exact) mass is 393 g/mol. The standard InChI is InChI=1S/C22H27N5O2/c28-21-8-4-12-25(21)14-10-16-15-26(19-7-2-1-5-17(16)19)22(29)24-18-6-3-13-27-20(18)9-11-23-27/h1-2,5,7,9,11,16,18H,3-4,6,8,10,12-15H2,(H,24,29). The van der Waals surface area contributed by atoms with E-state index in [1.165, 1.54) is 5.56 Å². The number of likely N-dealkylation sites (tertiary alicyclic amines) is 1. The Kier molecular flexibility index (Phi) is 4.73. The van der Waals surface area contributed by atoms with Crippen molar-refractivity contribution in [1.82, 2.24) is 20.0 Å². The van der Waals surface area contributed by atoms with Crippen LogP contribution in [0.1, 0.15) is 55.3 Å². The molecule has 3 amide bonds. The first-order valence-corrected chi connectivity index (χ1v) is 10.7. The third-order valence-corrected chi connectivity index (χ3v) is 6.50. The van der Waals surface area contributed by atoms with Crippen LogP contribution in [0.2, 0.25) is 0 Å². The summed E-state index contributed by atoms with van der Waals surface area (Å²) in [5, 5.41) is 7.58. The number of hydrogen-bond acceptors (Lipinski definition) is 3. The Labute approximate surface area is 170 Å². The highest BCUT2D eigenvalue weighted by Gasteiger charge is 2.34. The number of aryl methyl sites for hydroxylation is 1. The van der Waals surface area contributed by atoms with Crippen LogP contribution < -0.4 is 10.2 Å². The lowest BCUT2D eigenvalue weighted by molar-refractivity contribution is -0.127. The van der Waals surface area contributed by atoms with E-state index in [1.54, 1.807) is 6.20 Å². The highest BCUT2D eigenvalue weighted by Crippen LogP contribution is 2.38. The number of urea groups is 1. The van der Waals surface area contributed by atoms with Crippen molar-refractivity contribution in [2.45, 2.75) is 50.6 Å². The first-order chi connectivity index (χ1) is 14.2. The molecular weight excluding hydrogens is 366 g/mol. The molecule has 0 bridgehead atoms. The molecule has 1 aromatic heterocycles. The first-order valence-electron chi connectivity index (χ1n) is 10.7. The molecule has 7 heteroatoms. The van der Waals surface area contributed by atoms with Crippen LogP contribution in [0.25, 0.3) is 0 Å². The van der Waals surface area contributed by atoms with Gasteiger partial charge in [-0.3, -0.25) is 14.4 Å². The molecule has 3 aliphatic heterocycles. The SMILES string of the molecule is O=C1CCCN1CCC1CN(C(=O)NC2CCCn3nccc32)c2ccccc21. The molecule has 7 nitrogen and oxygen atoms in total. The molecule has 2 unspecified atom stereocenters. The fraction of sp³-hybridized carbons (Fsp3) is 0.500. The molecule has 0 saturated carbocycles. The number of rotatable bonds is 4. The summed E-state index contributed by atoms with van der Waals surface area (Å²) in [4.78, 5) is 29.0. The van der Waals surface area contributed by atoms with Gasteiger partial charge < -0.3 is 10.2 Å². The van der Waals surface area contributed by atoms with E-state index >= 15 is 0 Å². The number of aromatic nitrogens is 2. The van der Waals surface area contributed by atoms with Crippen LogP contribution in [-0.2, 0) is 11.3 Å². The average Bonchev–Trinajstić information content (AvgIpc) is 3.45. The second kappa shape index (κ2) is 7.54. The van der Waals surface area contributed by atoms with Crippen LogP contribution in [0.3, 0.4) is 0 Å². The predicted molar refractivity (Wildman–Crippen MR) is 110 cm³/mol. The Balaban J connectivity index is 1.29. The minimum Gasteiger partial charge on any atom is -0.343 e. The maximum absolute atomic E-state index is 13.2. The fourth-order valence-corrected chi connectivity index (χ4v) is 4.98. The van der Waals surface area contributed by atoms with Crippen molar-refractivity contribution in [3.63, 3.8) is 0 Å². The summed E-state index contributed by atoms with van der Waals surface area (Å²) in [6, 6.07) is 10.1. The van der Waals surface area contributed by atoms with E-state index in [9.17, 15) is 9.59 Å². The maximum atomic E-state index is 13.2. The van der Waals surface area contributed by atoms with E-state index in [4.69, 9.17) is 0 Å². The maximum Gasteiger partial charge on any atom is 0.322 e. The van der Waals surface area contributed by atoms with Gasteiger partial charge in [-0.25, -0.2) is 4.79 Å². The summed E-state index contributed by atoms with van der Waals surface area (Å²) in [7, 11) is 0. The van der Waals surface area contributed by atoms with Gasteiger partial charge in [0.25, 0.3) is 0 Å². The zero-order valence-corrected chi connectivity index (χ0v) is 16.6. The lowest BCUT2D eigenvalue weighted by Gasteiger charge is -2.27. The number of hydrogen-bond donors (Lipinski definition) is 1. The number of nitrogens with zero attached hydrogens (tertiary/aromatic N) is 4. The van der Waals surface area contributed by atoms with Crippen molar-refractivity contribution in [2.75, 3.05) is 24.5 Å². The smallest absolute Gasteiger partial charge is 0.322 e. The van der Waals surface area contributed by atoms with Gasteiger partial charge in [-0.2, -0.15) is 5.10 Å². The van der Waals surface area contributed by atoms with Gasteiger partial charge >= 0.3 is 6.03 Å². The molecule has 29 heavy (non-hydrogen) atoms. The summed E-state index contributed by atoms with van der Waals surface area (Å²) in [5.41, 5.74) is 3.29. The molecule has 3 aliphatic rings. The molecule has 5 rings (SSSR count). The minimum absolute atomic E-state index is 0.00665. The lowest BCUT2D eigenvalue weighted by atomic mass is 9.98. The Bertz CT molecular complexity index is 923. The van der Waals surface area contributed by atoms with Crippen LogP contribution in [0.4, 0.5) is 10.5 Å². The number of amides is 3. The van der Waals surface area contributed by atoms with Gasteiger partial charge in [0.05, 0.1) is 11.7 Å². The molecule has 152 valence electrons. The van der Waals surface area contributed by atoms with Crippen molar-refractivity contribution in [3.05, 3.63) is 47.8 Å². The van der Waals surface area contributed by atoms with Crippen LogP contribution in [-0.4, -0.2) is 46.3 Å². The number of anilines is 1. The first kappa shape index (κ1) is 18.2. The van der Waals surface area contributed by atoms with Gasteiger partial charge in [-0.15, -0.1) is 0 Å². The summed E-state index contributed by atoms with van der Waals surface area (Å²) in [5.74, 6) is 0.530. The second-order valence-corrected chi connectivity index (χ2v) is 8.26. The Morgan fingerprint density at radius 3 is 2.93 bits per heavy atom. The fourth-order valence-electron chi connectivity index (χ4n) is 4.98. The molecule has 1 N–H and O–H groups in total. The lowest BCUT2D eigenvalue weighted by Crippen LogP contribution is -2.42. The van der Waals surface area contributed by atoms with Crippen LogP contribution in [0.5, 0.6) is 0 Å². The van der Waals surface area contributed by atoms with Crippen molar-refractivity contribution in [1.29, 1.82) is 0 Å². The van der Waals surface area contributed by atoms with E-state index in [0.717, 1.165) is 56.7 Å². The summed E-state index contributed by atoms with van der Waals surface area (Å²) in [6.07, 6.45) is 6.29. The quantitative estimate of drug-likeness (QED) is 0.868. The van der Waals surface area contributed by atoms with E-state index in [-0.39, 0.29) is 23.9 Å². The van der Waals surface area contributed by atoms with E-state index < -0.39 is 0 Å². The Morgan fingerprint density at radius 1 is 1.17 bits per heavy atom. The molecule has 4 heterocycles. The van der Waals surface area contributed by atoms with E-state index in [2.05, 4.69) is 16.5 Å². The number of carbonyl (C=O) groups is 2.